The van der Waals surface area contributed by atoms with Gasteiger partial charge in [-0.05, 0) is 29.9 Å². The SMILES string of the molecule is COc1ccc(CCS)cc1F. The van der Waals surface area contributed by atoms with E-state index >= 15 is 0 Å². The molecule has 0 aliphatic rings. The Labute approximate surface area is 77.0 Å². The van der Waals surface area contributed by atoms with Crippen molar-refractivity contribution in [2.75, 3.05) is 12.9 Å². The Kier molecular flexibility index (Phi) is 3.41. The summed E-state index contributed by atoms with van der Waals surface area (Å²) >= 11 is 4.06. The molecule has 12 heavy (non-hydrogen) atoms. The maximum atomic E-state index is 13.0. The highest BCUT2D eigenvalue weighted by atomic mass is 32.1. The predicted octanol–water partition coefficient (Wildman–Crippen LogP) is 2.31. The van der Waals surface area contributed by atoms with Crippen LogP contribution in [-0.4, -0.2) is 12.9 Å². The van der Waals surface area contributed by atoms with Crippen molar-refractivity contribution in [3.05, 3.63) is 29.6 Å². The Bertz CT molecular complexity index is 263. The molecule has 0 bridgehead atoms. The van der Waals surface area contributed by atoms with Gasteiger partial charge >= 0.3 is 0 Å². The molecule has 0 spiro atoms. The lowest BCUT2D eigenvalue weighted by molar-refractivity contribution is 0.386. The Morgan fingerprint density at radius 2 is 2.25 bits per heavy atom. The molecule has 0 aliphatic heterocycles. The molecule has 1 aromatic carbocycles. The summed E-state index contributed by atoms with van der Waals surface area (Å²) in [5, 5.41) is 0. The van der Waals surface area contributed by atoms with E-state index in [4.69, 9.17) is 4.74 Å². The highest BCUT2D eigenvalue weighted by molar-refractivity contribution is 7.80. The van der Waals surface area contributed by atoms with Crippen LogP contribution in [0.15, 0.2) is 18.2 Å². The molecule has 0 amide bonds. The monoisotopic (exact) mass is 186 g/mol. The number of hydrogen-bond acceptors (Lipinski definition) is 2. The van der Waals surface area contributed by atoms with Crippen LogP contribution in [0.5, 0.6) is 5.75 Å². The Hall–Kier alpha value is -0.700. The summed E-state index contributed by atoms with van der Waals surface area (Å²) in [6.07, 6.45) is 0.782. The second-order valence-electron chi connectivity index (χ2n) is 2.44. The molecule has 0 aliphatic carbocycles. The maximum absolute atomic E-state index is 13.0. The summed E-state index contributed by atoms with van der Waals surface area (Å²) in [6, 6.07) is 4.96. The van der Waals surface area contributed by atoms with Crippen molar-refractivity contribution in [2.45, 2.75) is 6.42 Å². The van der Waals surface area contributed by atoms with Crippen LogP contribution in [-0.2, 0) is 6.42 Å². The van der Waals surface area contributed by atoms with Gasteiger partial charge in [0.2, 0.25) is 0 Å². The van der Waals surface area contributed by atoms with Crippen LogP contribution in [0.25, 0.3) is 0 Å². The van der Waals surface area contributed by atoms with Crippen molar-refractivity contribution in [2.24, 2.45) is 0 Å². The molecular formula is C9H11FOS. The smallest absolute Gasteiger partial charge is 0.165 e. The molecule has 0 heterocycles. The third kappa shape index (κ3) is 2.14. The molecule has 66 valence electrons. The minimum atomic E-state index is -0.309. The summed E-state index contributed by atoms with van der Waals surface area (Å²) in [6.45, 7) is 0. The first-order valence-corrected chi connectivity index (χ1v) is 4.34. The van der Waals surface area contributed by atoms with E-state index in [-0.39, 0.29) is 11.6 Å². The summed E-state index contributed by atoms with van der Waals surface area (Å²) in [7, 11) is 1.46. The second kappa shape index (κ2) is 4.36. The largest absolute Gasteiger partial charge is 0.494 e. The van der Waals surface area contributed by atoms with Crippen LogP contribution in [0, 0.1) is 5.82 Å². The van der Waals surface area contributed by atoms with E-state index in [1.54, 1.807) is 6.07 Å². The van der Waals surface area contributed by atoms with E-state index in [0.717, 1.165) is 17.7 Å². The van der Waals surface area contributed by atoms with Crippen LogP contribution in [0.1, 0.15) is 5.56 Å². The van der Waals surface area contributed by atoms with Gasteiger partial charge < -0.3 is 4.74 Å². The number of halogens is 1. The van der Waals surface area contributed by atoms with E-state index in [0.29, 0.717) is 0 Å². The summed E-state index contributed by atoms with van der Waals surface area (Å²) in [5.41, 5.74) is 0.948. The standard InChI is InChI=1S/C9H11FOS/c1-11-9-3-2-7(4-5-12)6-8(9)10/h2-3,6,12H,4-5H2,1H3. The number of hydrogen-bond donors (Lipinski definition) is 1. The van der Waals surface area contributed by atoms with E-state index in [2.05, 4.69) is 12.6 Å². The van der Waals surface area contributed by atoms with Gasteiger partial charge in [0.1, 0.15) is 0 Å². The first kappa shape index (κ1) is 9.39. The van der Waals surface area contributed by atoms with Crippen LogP contribution < -0.4 is 4.74 Å². The quantitative estimate of drug-likeness (QED) is 0.713. The van der Waals surface area contributed by atoms with E-state index < -0.39 is 0 Å². The average Bonchev–Trinajstić information content (AvgIpc) is 2.05. The van der Waals surface area contributed by atoms with Crippen LogP contribution in [0.4, 0.5) is 4.39 Å². The lowest BCUT2D eigenvalue weighted by Crippen LogP contribution is -1.91. The fourth-order valence-electron chi connectivity index (χ4n) is 0.994. The zero-order valence-electron chi connectivity index (χ0n) is 6.88. The molecule has 0 N–H and O–H groups in total. The second-order valence-corrected chi connectivity index (χ2v) is 2.89. The first-order valence-electron chi connectivity index (χ1n) is 3.71. The van der Waals surface area contributed by atoms with Crippen molar-refractivity contribution in [3.63, 3.8) is 0 Å². The molecule has 1 aromatic rings. The molecule has 0 aromatic heterocycles. The van der Waals surface area contributed by atoms with Crippen LogP contribution in [0.3, 0.4) is 0 Å². The van der Waals surface area contributed by atoms with Crippen molar-refractivity contribution in [3.8, 4) is 5.75 Å². The molecule has 0 radical (unpaired) electrons. The topological polar surface area (TPSA) is 9.23 Å². The fourth-order valence-corrected chi connectivity index (χ4v) is 1.25. The Morgan fingerprint density at radius 1 is 1.50 bits per heavy atom. The van der Waals surface area contributed by atoms with E-state index in [1.807, 2.05) is 6.07 Å². The van der Waals surface area contributed by atoms with Gasteiger partial charge in [0.15, 0.2) is 11.6 Å². The molecular weight excluding hydrogens is 175 g/mol. The van der Waals surface area contributed by atoms with Crippen molar-refractivity contribution < 1.29 is 9.13 Å². The summed E-state index contributed by atoms with van der Waals surface area (Å²) < 4.78 is 17.8. The van der Waals surface area contributed by atoms with Crippen LogP contribution in [0.2, 0.25) is 0 Å². The highest BCUT2D eigenvalue weighted by Crippen LogP contribution is 2.17. The molecule has 0 fully saturated rings. The molecule has 0 saturated heterocycles. The van der Waals surface area contributed by atoms with Gasteiger partial charge in [-0.15, -0.1) is 0 Å². The molecule has 0 atom stereocenters. The number of aryl methyl sites for hydroxylation is 1. The predicted molar refractivity (Wildman–Crippen MR) is 50.5 cm³/mol. The van der Waals surface area contributed by atoms with Gasteiger partial charge in [-0.3, -0.25) is 0 Å². The van der Waals surface area contributed by atoms with Crippen molar-refractivity contribution >= 4 is 12.6 Å². The lowest BCUT2D eigenvalue weighted by atomic mass is 10.1. The molecule has 1 rings (SSSR count). The summed E-state index contributed by atoms with van der Waals surface area (Å²) in [5.74, 6) is 0.709. The van der Waals surface area contributed by atoms with E-state index in [1.165, 1.54) is 13.2 Å². The van der Waals surface area contributed by atoms with Gasteiger partial charge in [0.25, 0.3) is 0 Å². The molecule has 1 nitrogen and oxygen atoms in total. The van der Waals surface area contributed by atoms with Crippen LogP contribution >= 0.6 is 12.6 Å². The average molecular weight is 186 g/mol. The third-order valence-corrected chi connectivity index (χ3v) is 1.84. The number of thiol groups is 1. The zero-order valence-corrected chi connectivity index (χ0v) is 7.77. The minimum absolute atomic E-state index is 0.290. The van der Waals surface area contributed by atoms with Crippen molar-refractivity contribution in [1.29, 1.82) is 0 Å². The molecule has 3 heteroatoms. The number of ether oxygens (including phenoxy) is 1. The van der Waals surface area contributed by atoms with E-state index in [9.17, 15) is 4.39 Å². The Morgan fingerprint density at radius 3 is 2.75 bits per heavy atom. The molecule has 0 unspecified atom stereocenters. The third-order valence-electron chi connectivity index (χ3n) is 1.62. The van der Waals surface area contributed by atoms with Gasteiger partial charge in [0, 0.05) is 0 Å². The van der Waals surface area contributed by atoms with Gasteiger partial charge in [-0.2, -0.15) is 12.6 Å². The number of rotatable bonds is 3. The number of benzene rings is 1. The highest BCUT2D eigenvalue weighted by Gasteiger charge is 2.01. The van der Waals surface area contributed by atoms with Gasteiger partial charge in [-0.1, -0.05) is 6.07 Å². The maximum Gasteiger partial charge on any atom is 0.165 e. The lowest BCUT2D eigenvalue weighted by Gasteiger charge is -2.03. The molecule has 0 saturated carbocycles. The number of methoxy groups -OCH3 is 1. The minimum Gasteiger partial charge on any atom is -0.494 e. The Balaban J connectivity index is 2.86. The fraction of sp³-hybridized carbons (Fsp3) is 0.333. The first-order chi connectivity index (χ1) is 5.77. The zero-order chi connectivity index (χ0) is 8.97. The van der Waals surface area contributed by atoms with Crippen molar-refractivity contribution in [1.82, 2.24) is 0 Å². The summed E-state index contributed by atoms with van der Waals surface area (Å²) in [4.78, 5) is 0. The van der Waals surface area contributed by atoms with Gasteiger partial charge in [-0.25, -0.2) is 4.39 Å². The van der Waals surface area contributed by atoms with Gasteiger partial charge in [0.05, 0.1) is 7.11 Å². The normalized spacial score (nSPS) is 9.92.